The largest absolute Gasteiger partial charge is 0.494 e. The molecule has 4 rings (SSSR count). The molecule has 0 radical (unpaired) electrons. The highest BCUT2D eigenvalue weighted by Crippen LogP contribution is 2.52. The van der Waals surface area contributed by atoms with Gasteiger partial charge in [-0.3, -0.25) is 9.59 Å². The van der Waals surface area contributed by atoms with Crippen LogP contribution in [0.4, 0.5) is 5.69 Å². The lowest BCUT2D eigenvalue weighted by Crippen LogP contribution is -2.38. The van der Waals surface area contributed by atoms with Crippen LogP contribution in [0.1, 0.15) is 20.3 Å². The van der Waals surface area contributed by atoms with Crippen molar-refractivity contribution in [1.29, 1.82) is 0 Å². The number of benzene rings is 1. The predicted octanol–water partition coefficient (Wildman–Crippen LogP) is 2.31. The molecule has 23 heavy (non-hydrogen) atoms. The van der Waals surface area contributed by atoms with Gasteiger partial charge in [0.15, 0.2) is 0 Å². The third-order valence-corrected chi connectivity index (χ3v) is 4.90. The van der Waals surface area contributed by atoms with Crippen molar-refractivity contribution in [3.8, 4) is 5.75 Å². The average molecular weight is 313 g/mol. The topological polar surface area (TPSA) is 55.8 Å². The number of amides is 2. The molecule has 0 N–H and O–H groups in total. The molecule has 0 unspecified atom stereocenters. The van der Waals surface area contributed by atoms with E-state index < -0.39 is 17.4 Å². The first-order chi connectivity index (χ1) is 11.0. The van der Waals surface area contributed by atoms with Crippen molar-refractivity contribution in [2.45, 2.75) is 32.0 Å². The second-order valence-corrected chi connectivity index (χ2v) is 6.48. The van der Waals surface area contributed by atoms with Crippen LogP contribution in [-0.2, 0) is 14.3 Å². The van der Waals surface area contributed by atoms with Gasteiger partial charge in [-0.15, -0.1) is 0 Å². The number of anilines is 1. The number of carbonyl (C=O) groups excluding carboxylic acids is 2. The van der Waals surface area contributed by atoms with Crippen LogP contribution in [0.2, 0.25) is 0 Å². The van der Waals surface area contributed by atoms with E-state index in [9.17, 15) is 9.59 Å². The van der Waals surface area contributed by atoms with E-state index >= 15 is 0 Å². The molecule has 2 bridgehead atoms. The lowest BCUT2D eigenvalue weighted by molar-refractivity contribution is -0.126. The van der Waals surface area contributed by atoms with Crippen LogP contribution in [0.25, 0.3) is 0 Å². The molecule has 0 saturated carbocycles. The zero-order valence-electron chi connectivity index (χ0n) is 13.2. The van der Waals surface area contributed by atoms with Crippen molar-refractivity contribution in [2.75, 3.05) is 11.5 Å². The number of ether oxygens (including phenoxy) is 2. The lowest BCUT2D eigenvalue weighted by atomic mass is 9.78. The van der Waals surface area contributed by atoms with Gasteiger partial charge in [-0.1, -0.05) is 19.1 Å². The van der Waals surface area contributed by atoms with Crippen LogP contribution in [0.5, 0.6) is 5.75 Å². The summed E-state index contributed by atoms with van der Waals surface area (Å²) in [6.07, 6.45) is 4.46. The summed E-state index contributed by atoms with van der Waals surface area (Å²) in [5.41, 5.74) is -0.0534. The predicted molar refractivity (Wildman–Crippen MR) is 84.1 cm³/mol. The summed E-state index contributed by atoms with van der Waals surface area (Å²) in [5, 5.41) is 0. The van der Waals surface area contributed by atoms with Gasteiger partial charge >= 0.3 is 0 Å². The normalized spacial score (nSPS) is 34.3. The highest BCUT2D eigenvalue weighted by molar-refractivity contribution is 6.23. The van der Waals surface area contributed by atoms with E-state index in [0.717, 1.165) is 12.2 Å². The number of imide groups is 1. The molecule has 0 spiro atoms. The van der Waals surface area contributed by atoms with E-state index in [-0.39, 0.29) is 17.9 Å². The molecule has 4 atom stereocenters. The molecule has 3 heterocycles. The van der Waals surface area contributed by atoms with Crippen LogP contribution in [-0.4, -0.2) is 30.1 Å². The standard InChI is InChI=1S/C18H19NO4/c1-3-10-22-12-6-4-11(5-7-12)19-16(20)14-13-8-9-18(2,23-13)15(14)17(19)21/h4-9,13-15H,3,10H2,1-2H3/t13-,14+,15-,18-/m0/s1. The summed E-state index contributed by atoms with van der Waals surface area (Å²) in [7, 11) is 0. The van der Waals surface area contributed by atoms with Crippen molar-refractivity contribution in [3.05, 3.63) is 36.4 Å². The van der Waals surface area contributed by atoms with Crippen LogP contribution >= 0.6 is 0 Å². The molecule has 2 fully saturated rings. The molecular weight excluding hydrogens is 294 g/mol. The van der Waals surface area contributed by atoms with Crippen LogP contribution in [0.15, 0.2) is 36.4 Å². The zero-order chi connectivity index (χ0) is 16.2. The van der Waals surface area contributed by atoms with E-state index in [2.05, 4.69) is 0 Å². The molecule has 3 aliphatic heterocycles. The van der Waals surface area contributed by atoms with E-state index in [4.69, 9.17) is 9.47 Å². The van der Waals surface area contributed by atoms with Crippen LogP contribution in [0.3, 0.4) is 0 Å². The van der Waals surface area contributed by atoms with Crippen molar-refractivity contribution >= 4 is 17.5 Å². The van der Waals surface area contributed by atoms with Crippen molar-refractivity contribution in [3.63, 3.8) is 0 Å². The Bertz CT molecular complexity index is 695. The minimum atomic E-state index is -0.652. The number of carbonyl (C=O) groups is 2. The Morgan fingerprint density at radius 3 is 2.61 bits per heavy atom. The lowest BCUT2D eigenvalue weighted by Gasteiger charge is -2.24. The summed E-state index contributed by atoms with van der Waals surface area (Å²) in [5.74, 6) is -0.404. The van der Waals surface area contributed by atoms with E-state index in [0.29, 0.717) is 12.3 Å². The maximum absolute atomic E-state index is 12.8. The van der Waals surface area contributed by atoms with E-state index in [1.165, 1.54) is 4.90 Å². The first-order valence-corrected chi connectivity index (χ1v) is 8.03. The van der Waals surface area contributed by atoms with Gasteiger partial charge in [-0.05, 0) is 37.6 Å². The van der Waals surface area contributed by atoms with Gasteiger partial charge in [0.1, 0.15) is 5.75 Å². The number of fused-ring (bicyclic) bond motifs is 5. The van der Waals surface area contributed by atoms with Crippen LogP contribution < -0.4 is 9.64 Å². The van der Waals surface area contributed by atoms with Gasteiger partial charge in [0.25, 0.3) is 0 Å². The molecule has 5 heteroatoms. The summed E-state index contributed by atoms with van der Waals surface area (Å²) in [6, 6.07) is 7.12. The summed E-state index contributed by atoms with van der Waals surface area (Å²) in [6.45, 7) is 4.57. The molecule has 120 valence electrons. The average Bonchev–Trinajstić information content (AvgIpc) is 3.15. The molecule has 1 aromatic carbocycles. The smallest absolute Gasteiger partial charge is 0.241 e. The SMILES string of the molecule is CCCOc1ccc(N2C(=O)[C@@H]3[C@@H]4C=C[C@](C)(O4)[C@@H]3C2=O)cc1. The van der Waals surface area contributed by atoms with Gasteiger partial charge in [-0.25, -0.2) is 4.90 Å². The van der Waals surface area contributed by atoms with E-state index in [1.54, 1.807) is 24.3 Å². The van der Waals surface area contributed by atoms with Gasteiger partial charge in [0, 0.05) is 0 Å². The number of hydrogen-bond donors (Lipinski definition) is 0. The maximum Gasteiger partial charge on any atom is 0.241 e. The minimum absolute atomic E-state index is 0.166. The highest BCUT2D eigenvalue weighted by atomic mass is 16.5. The summed E-state index contributed by atoms with van der Waals surface area (Å²) in [4.78, 5) is 26.9. The van der Waals surface area contributed by atoms with Gasteiger partial charge in [0.2, 0.25) is 11.8 Å². The monoisotopic (exact) mass is 313 g/mol. The maximum atomic E-state index is 12.8. The minimum Gasteiger partial charge on any atom is -0.494 e. The Hall–Kier alpha value is -2.14. The second kappa shape index (κ2) is 4.93. The van der Waals surface area contributed by atoms with Gasteiger partial charge in [0.05, 0.1) is 35.8 Å². The zero-order valence-corrected chi connectivity index (χ0v) is 13.2. The number of rotatable bonds is 4. The van der Waals surface area contributed by atoms with Crippen LogP contribution in [0, 0.1) is 11.8 Å². The van der Waals surface area contributed by atoms with Crippen molar-refractivity contribution in [2.24, 2.45) is 11.8 Å². The van der Waals surface area contributed by atoms with Gasteiger partial charge in [-0.2, -0.15) is 0 Å². The van der Waals surface area contributed by atoms with Gasteiger partial charge < -0.3 is 9.47 Å². The molecule has 2 saturated heterocycles. The quantitative estimate of drug-likeness (QED) is 0.632. The first-order valence-electron chi connectivity index (χ1n) is 8.03. The van der Waals surface area contributed by atoms with E-state index in [1.807, 2.05) is 26.0 Å². The molecule has 1 aromatic rings. The fraction of sp³-hybridized carbons (Fsp3) is 0.444. The molecule has 0 aromatic heterocycles. The fourth-order valence-corrected chi connectivity index (χ4v) is 3.82. The Balaban J connectivity index is 1.61. The third kappa shape index (κ3) is 1.96. The van der Waals surface area contributed by atoms with Crippen molar-refractivity contribution in [1.82, 2.24) is 0 Å². The Morgan fingerprint density at radius 2 is 1.96 bits per heavy atom. The third-order valence-electron chi connectivity index (χ3n) is 4.90. The Kier molecular flexibility index (Phi) is 3.10. The molecule has 2 amide bonds. The Morgan fingerprint density at radius 1 is 1.22 bits per heavy atom. The number of hydrogen-bond acceptors (Lipinski definition) is 4. The second-order valence-electron chi connectivity index (χ2n) is 6.48. The first kappa shape index (κ1) is 14.5. The molecule has 0 aliphatic carbocycles. The number of nitrogens with zero attached hydrogens (tertiary/aromatic N) is 1. The summed E-state index contributed by atoms with van der Waals surface area (Å²) < 4.78 is 11.4. The Labute approximate surface area is 134 Å². The molecular formula is C18H19NO4. The molecule has 3 aliphatic rings. The highest BCUT2D eigenvalue weighted by Gasteiger charge is 2.65. The van der Waals surface area contributed by atoms with Crippen molar-refractivity contribution < 1.29 is 19.1 Å². The molecule has 5 nitrogen and oxygen atoms in total. The fourth-order valence-electron chi connectivity index (χ4n) is 3.82. The summed E-state index contributed by atoms with van der Waals surface area (Å²) >= 11 is 0.